The summed E-state index contributed by atoms with van der Waals surface area (Å²) in [4.78, 5) is 0. The first kappa shape index (κ1) is 7.90. The highest BCUT2D eigenvalue weighted by atomic mass is 16.5. The van der Waals surface area contributed by atoms with Crippen molar-refractivity contribution in [1.82, 2.24) is 0 Å². The normalized spacial score (nSPS) is 52.2. The van der Waals surface area contributed by atoms with Gasteiger partial charge in [0.15, 0.2) is 0 Å². The molecule has 3 rings (SSSR count). The molecule has 0 spiro atoms. The van der Waals surface area contributed by atoms with Crippen LogP contribution in [0.15, 0.2) is 12.8 Å². The highest BCUT2D eigenvalue weighted by Crippen LogP contribution is 2.59. The van der Waals surface area contributed by atoms with Crippen molar-refractivity contribution in [3.8, 4) is 0 Å². The second-order valence-electron chi connectivity index (χ2n) is 5.06. The summed E-state index contributed by atoms with van der Waals surface area (Å²) in [5.74, 6) is 4.16. The summed E-state index contributed by atoms with van der Waals surface area (Å²) in [6.45, 7) is 3.65. The summed E-state index contributed by atoms with van der Waals surface area (Å²) < 4.78 is 5.53. The molecule has 3 fully saturated rings. The molecular weight excluding hydrogens is 160 g/mol. The van der Waals surface area contributed by atoms with Crippen LogP contribution in [0.2, 0.25) is 0 Å². The van der Waals surface area contributed by atoms with E-state index in [1.54, 1.807) is 6.26 Å². The van der Waals surface area contributed by atoms with Crippen LogP contribution in [0.5, 0.6) is 0 Å². The van der Waals surface area contributed by atoms with Crippen LogP contribution in [-0.2, 0) is 4.74 Å². The standard InChI is InChI=1S/C12H18O/c1-2-13-10-6-11-8-3-4-9(5-8)12(11)7-10/h2,8-12H,1,3-7H2. The Hall–Kier alpha value is -0.460. The van der Waals surface area contributed by atoms with Gasteiger partial charge in [0.25, 0.3) is 0 Å². The zero-order chi connectivity index (χ0) is 8.84. The Balaban J connectivity index is 1.72. The Bertz CT molecular complexity index is 205. The minimum atomic E-state index is 0.510. The van der Waals surface area contributed by atoms with E-state index < -0.39 is 0 Å². The molecule has 2 bridgehead atoms. The van der Waals surface area contributed by atoms with Crippen molar-refractivity contribution < 1.29 is 4.74 Å². The maximum atomic E-state index is 5.53. The van der Waals surface area contributed by atoms with Gasteiger partial charge in [0, 0.05) is 0 Å². The molecule has 0 N–H and O–H groups in total. The monoisotopic (exact) mass is 178 g/mol. The summed E-state index contributed by atoms with van der Waals surface area (Å²) in [6, 6.07) is 0. The Kier molecular flexibility index (Phi) is 1.68. The molecule has 0 aromatic rings. The molecule has 13 heavy (non-hydrogen) atoms. The van der Waals surface area contributed by atoms with Crippen LogP contribution in [0, 0.1) is 23.7 Å². The second-order valence-corrected chi connectivity index (χ2v) is 5.06. The van der Waals surface area contributed by atoms with Crippen LogP contribution in [0.25, 0.3) is 0 Å². The third kappa shape index (κ3) is 1.06. The summed E-state index contributed by atoms with van der Waals surface area (Å²) >= 11 is 0. The van der Waals surface area contributed by atoms with E-state index in [1.165, 1.54) is 32.1 Å². The molecule has 3 aliphatic rings. The average Bonchev–Trinajstić information content (AvgIpc) is 2.72. The maximum absolute atomic E-state index is 5.53. The number of hydrogen-bond acceptors (Lipinski definition) is 1. The molecule has 0 aromatic carbocycles. The first-order valence-electron chi connectivity index (χ1n) is 5.65. The molecule has 4 unspecified atom stereocenters. The number of rotatable bonds is 2. The van der Waals surface area contributed by atoms with Gasteiger partial charge in [-0.25, -0.2) is 0 Å². The van der Waals surface area contributed by atoms with Crippen molar-refractivity contribution in [3.05, 3.63) is 12.8 Å². The van der Waals surface area contributed by atoms with Gasteiger partial charge in [-0.1, -0.05) is 6.58 Å². The van der Waals surface area contributed by atoms with Crippen molar-refractivity contribution in [2.24, 2.45) is 23.7 Å². The summed E-state index contributed by atoms with van der Waals surface area (Å²) in [7, 11) is 0. The zero-order valence-corrected chi connectivity index (χ0v) is 8.11. The summed E-state index contributed by atoms with van der Waals surface area (Å²) in [5, 5.41) is 0. The first-order valence-corrected chi connectivity index (χ1v) is 5.65. The van der Waals surface area contributed by atoms with Gasteiger partial charge < -0.3 is 4.74 Å². The number of hydrogen-bond donors (Lipinski definition) is 0. The lowest BCUT2D eigenvalue weighted by atomic mass is 9.82. The lowest BCUT2D eigenvalue weighted by Gasteiger charge is -2.23. The predicted octanol–water partition coefficient (Wildman–Crippen LogP) is 2.97. The van der Waals surface area contributed by atoms with E-state index in [-0.39, 0.29) is 0 Å². The molecule has 0 saturated heterocycles. The van der Waals surface area contributed by atoms with E-state index in [0.717, 1.165) is 23.7 Å². The molecule has 0 amide bonds. The zero-order valence-electron chi connectivity index (χ0n) is 8.11. The maximum Gasteiger partial charge on any atom is 0.0983 e. The fraction of sp³-hybridized carbons (Fsp3) is 0.833. The number of fused-ring (bicyclic) bond motifs is 5. The van der Waals surface area contributed by atoms with Crippen LogP contribution in [0.1, 0.15) is 32.1 Å². The molecule has 4 atom stereocenters. The molecule has 72 valence electrons. The molecule has 1 heteroatoms. The molecule has 3 saturated carbocycles. The van der Waals surface area contributed by atoms with Crippen molar-refractivity contribution in [2.75, 3.05) is 0 Å². The molecular formula is C12H18O. The van der Waals surface area contributed by atoms with Crippen LogP contribution < -0.4 is 0 Å². The highest BCUT2D eigenvalue weighted by molar-refractivity contribution is 5.02. The smallest absolute Gasteiger partial charge is 0.0983 e. The van der Waals surface area contributed by atoms with Gasteiger partial charge >= 0.3 is 0 Å². The summed E-state index contributed by atoms with van der Waals surface area (Å²) in [6.07, 6.45) is 9.33. The van der Waals surface area contributed by atoms with Gasteiger partial charge in [-0.05, 0) is 55.8 Å². The molecule has 0 heterocycles. The van der Waals surface area contributed by atoms with E-state index in [1.807, 2.05) is 0 Å². The molecule has 0 aliphatic heterocycles. The third-order valence-corrected chi connectivity index (χ3v) is 4.63. The summed E-state index contributed by atoms with van der Waals surface area (Å²) in [5.41, 5.74) is 0. The van der Waals surface area contributed by atoms with E-state index in [9.17, 15) is 0 Å². The van der Waals surface area contributed by atoms with Crippen LogP contribution in [0.4, 0.5) is 0 Å². The van der Waals surface area contributed by atoms with Crippen LogP contribution in [0.3, 0.4) is 0 Å². The van der Waals surface area contributed by atoms with Gasteiger partial charge in [0.05, 0.1) is 12.4 Å². The first-order chi connectivity index (χ1) is 6.38. The fourth-order valence-corrected chi connectivity index (χ4v) is 4.21. The Morgan fingerprint density at radius 1 is 1.00 bits per heavy atom. The Labute approximate surface area is 80.2 Å². The minimum Gasteiger partial charge on any atom is -0.499 e. The van der Waals surface area contributed by atoms with E-state index >= 15 is 0 Å². The van der Waals surface area contributed by atoms with Gasteiger partial charge in [-0.15, -0.1) is 0 Å². The second kappa shape index (κ2) is 2.76. The van der Waals surface area contributed by atoms with E-state index in [4.69, 9.17) is 4.74 Å². The minimum absolute atomic E-state index is 0.510. The highest BCUT2D eigenvalue weighted by Gasteiger charge is 2.52. The SMILES string of the molecule is C=COC1CC2C3CCC(C3)C2C1. The fourth-order valence-electron chi connectivity index (χ4n) is 4.21. The van der Waals surface area contributed by atoms with Crippen LogP contribution >= 0.6 is 0 Å². The molecule has 0 radical (unpaired) electrons. The lowest BCUT2D eigenvalue weighted by molar-refractivity contribution is 0.139. The third-order valence-electron chi connectivity index (χ3n) is 4.63. The van der Waals surface area contributed by atoms with Gasteiger partial charge in [-0.2, -0.15) is 0 Å². The van der Waals surface area contributed by atoms with Crippen LogP contribution in [-0.4, -0.2) is 6.10 Å². The molecule has 3 aliphatic carbocycles. The predicted molar refractivity (Wildman–Crippen MR) is 52.1 cm³/mol. The van der Waals surface area contributed by atoms with Crippen molar-refractivity contribution >= 4 is 0 Å². The Morgan fingerprint density at radius 2 is 1.62 bits per heavy atom. The van der Waals surface area contributed by atoms with Crippen molar-refractivity contribution in [3.63, 3.8) is 0 Å². The van der Waals surface area contributed by atoms with Crippen molar-refractivity contribution in [1.29, 1.82) is 0 Å². The topological polar surface area (TPSA) is 9.23 Å². The van der Waals surface area contributed by atoms with Crippen molar-refractivity contribution in [2.45, 2.75) is 38.2 Å². The Morgan fingerprint density at radius 3 is 2.15 bits per heavy atom. The lowest BCUT2D eigenvalue weighted by Crippen LogP contribution is -2.15. The average molecular weight is 178 g/mol. The largest absolute Gasteiger partial charge is 0.499 e. The molecule has 0 aromatic heterocycles. The van der Waals surface area contributed by atoms with Gasteiger partial charge in [0.2, 0.25) is 0 Å². The quantitative estimate of drug-likeness (QED) is 0.591. The van der Waals surface area contributed by atoms with E-state index in [2.05, 4.69) is 6.58 Å². The van der Waals surface area contributed by atoms with Gasteiger partial charge in [-0.3, -0.25) is 0 Å². The van der Waals surface area contributed by atoms with Gasteiger partial charge in [0.1, 0.15) is 0 Å². The number of ether oxygens (including phenoxy) is 1. The van der Waals surface area contributed by atoms with E-state index in [0.29, 0.717) is 6.10 Å². The molecule has 1 nitrogen and oxygen atoms in total.